The number of fused-ring (bicyclic) bond motifs is 1. The third kappa shape index (κ3) is 3.56. The Labute approximate surface area is 147 Å². The minimum Gasteiger partial charge on any atom is -0.497 e. The van der Waals surface area contributed by atoms with Crippen molar-refractivity contribution in [3.8, 4) is 17.2 Å². The van der Waals surface area contributed by atoms with E-state index in [0.717, 1.165) is 43.1 Å². The van der Waals surface area contributed by atoms with Crippen molar-refractivity contribution in [2.75, 3.05) is 13.7 Å². The SMILES string of the molecule is COc1ccc(-c2nc(CN3CCCc4ccccc4C3)no2)cc1. The lowest BCUT2D eigenvalue weighted by Gasteiger charge is -2.18. The van der Waals surface area contributed by atoms with Gasteiger partial charge in [0.1, 0.15) is 5.75 Å². The highest BCUT2D eigenvalue weighted by Gasteiger charge is 2.17. The molecule has 3 aromatic rings. The van der Waals surface area contributed by atoms with E-state index >= 15 is 0 Å². The van der Waals surface area contributed by atoms with Gasteiger partial charge >= 0.3 is 0 Å². The summed E-state index contributed by atoms with van der Waals surface area (Å²) in [5.74, 6) is 2.09. The Hall–Kier alpha value is -2.66. The molecule has 2 aromatic carbocycles. The summed E-state index contributed by atoms with van der Waals surface area (Å²) in [6.07, 6.45) is 2.29. The Morgan fingerprint density at radius 1 is 1.08 bits per heavy atom. The highest BCUT2D eigenvalue weighted by molar-refractivity contribution is 5.54. The molecule has 5 heteroatoms. The molecule has 128 valence electrons. The molecule has 5 nitrogen and oxygen atoms in total. The van der Waals surface area contributed by atoms with Crippen molar-refractivity contribution in [2.45, 2.75) is 25.9 Å². The first-order valence-corrected chi connectivity index (χ1v) is 8.58. The summed E-state index contributed by atoms with van der Waals surface area (Å²) in [6.45, 7) is 2.68. The maximum Gasteiger partial charge on any atom is 0.257 e. The molecule has 0 fully saturated rings. The maximum atomic E-state index is 5.44. The average Bonchev–Trinajstić information content (AvgIpc) is 3.01. The van der Waals surface area contributed by atoms with Crippen molar-refractivity contribution in [3.05, 3.63) is 65.5 Å². The largest absolute Gasteiger partial charge is 0.497 e. The van der Waals surface area contributed by atoms with Crippen LogP contribution in [-0.2, 0) is 19.5 Å². The molecule has 0 unspecified atom stereocenters. The van der Waals surface area contributed by atoms with E-state index in [-0.39, 0.29) is 0 Å². The number of rotatable bonds is 4. The van der Waals surface area contributed by atoms with E-state index in [1.807, 2.05) is 24.3 Å². The van der Waals surface area contributed by atoms with Crippen LogP contribution in [0.2, 0.25) is 0 Å². The summed E-state index contributed by atoms with van der Waals surface area (Å²) in [4.78, 5) is 6.94. The summed E-state index contributed by atoms with van der Waals surface area (Å²) < 4.78 is 10.6. The highest BCUT2D eigenvalue weighted by Crippen LogP contribution is 2.22. The topological polar surface area (TPSA) is 51.4 Å². The smallest absolute Gasteiger partial charge is 0.257 e. The number of aryl methyl sites for hydroxylation is 1. The van der Waals surface area contributed by atoms with Crippen LogP contribution in [0.15, 0.2) is 53.1 Å². The molecule has 2 heterocycles. The van der Waals surface area contributed by atoms with E-state index in [2.05, 4.69) is 39.3 Å². The van der Waals surface area contributed by atoms with Crippen molar-refractivity contribution in [1.82, 2.24) is 15.0 Å². The van der Waals surface area contributed by atoms with Gasteiger partial charge in [-0.1, -0.05) is 29.4 Å². The van der Waals surface area contributed by atoms with Crippen LogP contribution in [0.5, 0.6) is 5.75 Å². The Balaban J connectivity index is 1.47. The lowest BCUT2D eigenvalue weighted by atomic mass is 10.0. The molecule has 1 aliphatic rings. The van der Waals surface area contributed by atoms with Gasteiger partial charge < -0.3 is 9.26 Å². The van der Waals surface area contributed by atoms with Crippen molar-refractivity contribution in [2.24, 2.45) is 0 Å². The molecular formula is C20H21N3O2. The molecule has 1 aliphatic heterocycles. The molecule has 0 amide bonds. The first-order valence-electron chi connectivity index (χ1n) is 8.58. The molecule has 0 radical (unpaired) electrons. The van der Waals surface area contributed by atoms with Gasteiger partial charge in [-0.05, 0) is 54.8 Å². The molecule has 0 saturated heterocycles. The van der Waals surface area contributed by atoms with Gasteiger partial charge in [0.05, 0.1) is 13.7 Å². The van der Waals surface area contributed by atoms with Crippen molar-refractivity contribution >= 4 is 0 Å². The molecule has 0 bridgehead atoms. The van der Waals surface area contributed by atoms with Crippen LogP contribution in [0.3, 0.4) is 0 Å². The second kappa shape index (κ2) is 7.07. The second-order valence-corrected chi connectivity index (χ2v) is 6.33. The zero-order valence-electron chi connectivity index (χ0n) is 14.3. The predicted molar refractivity (Wildman–Crippen MR) is 95.2 cm³/mol. The minimum absolute atomic E-state index is 0.549. The van der Waals surface area contributed by atoms with E-state index < -0.39 is 0 Å². The molecule has 0 N–H and O–H groups in total. The lowest BCUT2D eigenvalue weighted by molar-refractivity contribution is 0.250. The standard InChI is InChI=1S/C20H21N3O2/c1-24-18-10-8-16(9-11-18)20-21-19(22-25-20)14-23-12-4-7-15-5-2-3-6-17(15)13-23/h2-3,5-6,8-11H,4,7,12-14H2,1H3. The molecule has 1 aromatic heterocycles. The number of benzene rings is 2. The van der Waals surface area contributed by atoms with Crippen LogP contribution >= 0.6 is 0 Å². The van der Waals surface area contributed by atoms with Crippen LogP contribution in [0.25, 0.3) is 11.5 Å². The van der Waals surface area contributed by atoms with Crippen LogP contribution in [0, 0.1) is 0 Å². The molecule has 0 spiro atoms. The summed E-state index contributed by atoms with van der Waals surface area (Å²) in [5.41, 5.74) is 3.76. The highest BCUT2D eigenvalue weighted by atomic mass is 16.5. The van der Waals surface area contributed by atoms with Crippen LogP contribution < -0.4 is 4.74 Å². The van der Waals surface area contributed by atoms with E-state index in [1.54, 1.807) is 7.11 Å². The fraction of sp³-hybridized carbons (Fsp3) is 0.300. The van der Waals surface area contributed by atoms with Gasteiger partial charge in [-0.25, -0.2) is 0 Å². The normalized spacial score (nSPS) is 14.8. The van der Waals surface area contributed by atoms with Crippen molar-refractivity contribution in [1.29, 1.82) is 0 Å². The quantitative estimate of drug-likeness (QED) is 0.728. The van der Waals surface area contributed by atoms with Gasteiger partial charge in [0, 0.05) is 12.1 Å². The van der Waals surface area contributed by atoms with E-state index in [1.165, 1.54) is 11.1 Å². The molecule has 0 aliphatic carbocycles. The van der Waals surface area contributed by atoms with Gasteiger partial charge in [0.2, 0.25) is 0 Å². The second-order valence-electron chi connectivity index (χ2n) is 6.33. The average molecular weight is 335 g/mol. The summed E-state index contributed by atoms with van der Waals surface area (Å²) >= 11 is 0. The summed E-state index contributed by atoms with van der Waals surface area (Å²) in [6, 6.07) is 16.3. The van der Waals surface area contributed by atoms with Gasteiger partial charge in [-0.3, -0.25) is 4.90 Å². The molecule has 4 rings (SSSR count). The van der Waals surface area contributed by atoms with E-state index in [9.17, 15) is 0 Å². The molecule has 0 saturated carbocycles. The third-order valence-electron chi connectivity index (χ3n) is 4.60. The van der Waals surface area contributed by atoms with Crippen molar-refractivity contribution in [3.63, 3.8) is 0 Å². The third-order valence-corrected chi connectivity index (χ3v) is 4.60. The Morgan fingerprint density at radius 3 is 2.68 bits per heavy atom. The number of hydrogen-bond donors (Lipinski definition) is 0. The van der Waals surface area contributed by atoms with Gasteiger partial charge in [0.15, 0.2) is 5.82 Å². The predicted octanol–water partition coefficient (Wildman–Crippen LogP) is 3.69. The monoisotopic (exact) mass is 335 g/mol. The number of methoxy groups -OCH3 is 1. The van der Waals surface area contributed by atoms with E-state index in [0.29, 0.717) is 12.4 Å². The van der Waals surface area contributed by atoms with Crippen LogP contribution in [0.4, 0.5) is 0 Å². The first kappa shape index (κ1) is 15.8. The molecular weight excluding hydrogens is 314 g/mol. The number of aromatic nitrogens is 2. The van der Waals surface area contributed by atoms with Crippen LogP contribution in [-0.4, -0.2) is 28.7 Å². The molecule has 0 atom stereocenters. The van der Waals surface area contributed by atoms with Crippen molar-refractivity contribution < 1.29 is 9.26 Å². The number of nitrogens with zero attached hydrogens (tertiary/aromatic N) is 3. The summed E-state index contributed by atoms with van der Waals surface area (Å²) in [7, 11) is 1.65. The first-order chi connectivity index (χ1) is 12.3. The zero-order valence-corrected chi connectivity index (χ0v) is 14.3. The fourth-order valence-corrected chi connectivity index (χ4v) is 3.27. The Bertz CT molecular complexity index is 842. The number of hydrogen-bond acceptors (Lipinski definition) is 5. The minimum atomic E-state index is 0.549. The van der Waals surface area contributed by atoms with Gasteiger partial charge in [0.25, 0.3) is 5.89 Å². The fourth-order valence-electron chi connectivity index (χ4n) is 3.27. The van der Waals surface area contributed by atoms with E-state index in [4.69, 9.17) is 9.26 Å². The van der Waals surface area contributed by atoms with Gasteiger partial charge in [-0.15, -0.1) is 0 Å². The Kier molecular flexibility index (Phi) is 4.48. The maximum absolute atomic E-state index is 5.44. The number of ether oxygens (including phenoxy) is 1. The molecule has 25 heavy (non-hydrogen) atoms. The zero-order chi connectivity index (χ0) is 17.1. The van der Waals surface area contributed by atoms with Crippen LogP contribution in [0.1, 0.15) is 23.4 Å². The Morgan fingerprint density at radius 2 is 1.88 bits per heavy atom. The summed E-state index contributed by atoms with van der Waals surface area (Å²) in [5, 5.41) is 4.16. The lowest BCUT2D eigenvalue weighted by Crippen LogP contribution is -2.23. The van der Waals surface area contributed by atoms with Gasteiger partial charge in [-0.2, -0.15) is 4.98 Å².